The van der Waals surface area contributed by atoms with E-state index in [1.807, 2.05) is 12.1 Å². The monoisotopic (exact) mass is 268 g/mol. The van der Waals surface area contributed by atoms with Crippen LogP contribution in [0.5, 0.6) is 0 Å². The number of hydrogen-bond donors (Lipinski definition) is 1. The van der Waals surface area contributed by atoms with Gasteiger partial charge in [-0.2, -0.15) is 0 Å². The van der Waals surface area contributed by atoms with Crippen molar-refractivity contribution in [2.24, 2.45) is 0 Å². The molecule has 0 saturated heterocycles. The molecule has 0 aliphatic carbocycles. The highest BCUT2D eigenvalue weighted by Gasteiger charge is 2.05. The first kappa shape index (κ1) is 12.4. The topological polar surface area (TPSA) is 20.2 Å². The maximum absolute atomic E-state index is 13.6. The number of aliphatic hydroxyl groups is 1. The van der Waals surface area contributed by atoms with E-state index >= 15 is 0 Å². The van der Waals surface area contributed by atoms with Gasteiger partial charge in [-0.25, -0.2) is 4.39 Å². The molecule has 0 atom stereocenters. The molecule has 0 heterocycles. The molecule has 88 valence electrons. The van der Waals surface area contributed by atoms with Gasteiger partial charge in [0.15, 0.2) is 0 Å². The van der Waals surface area contributed by atoms with Crippen LogP contribution in [0.15, 0.2) is 52.3 Å². The molecule has 0 saturated carbocycles. The van der Waals surface area contributed by atoms with Crippen molar-refractivity contribution in [2.45, 2.75) is 16.4 Å². The molecule has 1 N–H and O–H groups in total. The fourth-order valence-corrected chi connectivity index (χ4v) is 2.30. The van der Waals surface area contributed by atoms with Crippen molar-refractivity contribution in [3.8, 4) is 0 Å². The van der Waals surface area contributed by atoms with E-state index in [-0.39, 0.29) is 12.4 Å². The number of hydrogen-bond acceptors (Lipinski definition) is 2. The molecule has 0 amide bonds. The van der Waals surface area contributed by atoms with Crippen LogP contribution >= 0.6 is 23.4 Å². The number of benzene rings is 2. The molecule has 0 aliphatic rings. The highest BCUT2D eigenvalue weighted by Crippen LogP contribution is 2.30. The van der Waals surface area contributed by atoms with Crippen molar-refractivity contribution in [2.75, 3.05) is 0 Å². The Morgan fingerprint density at radius 1 is 1.12 bits per heavy atom. The van der Waals surface area contributed by atoms with Crippen LogP contribution in [0.2, 0.25) is 5.02 Å². The predicted octanol–water partition coefficient (Wildman–Crippen LogP) is 4.12. The van der Waals surface area contributed by atoms with Gasteiger partial charge >= 0.3 is 0 Å². The first-order chi connectivity index (χ1) is 8.19. The lowest BCUT2D eigenvalue weighted by Gasteiger charge is -2.04. The van der Waals surface area contributed by atoms with Gasteiger partial charge < -0.3 is 5.11 Å². The van der Waals surface area contributed by atoms with E-state index in [9.17, 15) is 4.39 Å². The first-order valence-electron chi connectivity index (χ1n) is 5.02. The van der Waals surface area contributed by atoms with Gasteiger partial charge in [0, 0.05) is 14.8 Å². The Morgan fingerprint density at radius 3 is 2.41 bits per heavy atom. The molecule has 1 nitrogen and oxygen atoms in total. The summed E-state index contributed by atoms with van der Waals surface area (Å²) in [7, 11) is 0. The molecule has 4 heteroatoms. The second-order valence-corrected chi connectivity index (χ2v) is 5.03. The largest absolute Gasteiger partial charge is 0.392 e. The van der Waals surface area contributed by atoms with Gasteiger partial charge in [-0.05, 0) is 42.0 Å². The van der Waals surface area contributed by atoms with Gasteiger partial charge in [-0.1, -0.05) is 29.4 Å². The molecule has 17 heavy (non-hydrogen) atoms. The van der Waals surface area contributed by atoms with Crippen LogP contribution in [0.4, 0.5) is 4.39 Å². The maximum atomic E-state index is 13.6. The fourth-order valence-electron chi connectivity index (χ4n) is 1.36. The van der Waals surface area contributed by atoms with E-state index < -0.39 is 0 Å². The number of rotatable bonds is 3. The zero-order chi connectivity index (χ0) is 12.3. The number of aliphatic hydroxyl groups excluding tert-OH is 1. The normalized spacial score (nSPS) is 10.5. The van der Waals surface area contributed by atoms with E-state index in [1.165, 1.54) is 17.8 Å². The summed E-state index contributed by atoms with van der Waals surface area (Å²) in [5.41, 5.74) is 0.572. The van der Waals surface area contributed by atoms with Crippen molar-refractivity contribution >= 4 is 23.4 Å². The summed E-state index contributed by atoms with van der Waals surface area (Å²) in [6.45, 7) is -0.150. The van der Waals surface area contributed by atoms with Crippen molar-refractivity contribution < 1.29 is 9.50 Å². The Bertz CT molecular complexity index is 513. The highest BCUT2D eigenvalue weighted by molar-refractivity contribution is 7.99. The highest BCUT2D eigenvalue weighted by atomic mass is 35.5. The minimum atomic E-state index is -0.323. The predicted molar refractivity (Wildman–Crippen MR) is 67.9 cm³/mol. The lowest BCUT2D eigenvalue weighted by atomic mass is 10.2. The summed E-state index contributed by atoms with van der Waals surface area (Å²) in [5.74, 6) is -0.323. The Morgan fingerprint density at radius 2 is 1.82 bits per heavy atom. The Labute approximate surface area is 108 Å². The van der Waals surface area contributed by atoms with Crippen LogP contribution in [0.3, 0.4) is 0 Å². The van der Waals surface area contributed by atoms with Crippen molar-refractivity contribution in [1.82, 2.24) is 0 Å². The van der Waals surface area contributed by atoms with Crippen LogP contribution < -0.4 is 0 Å². The zero-order valence-electron chi connectivity index (χ0n) is 8.86. The van der Waals surface area contributed by atoms with Crippen molar-refractivity contribution in [3.63, 3.8) is 0 Å². The number of halogens is 2. The average molecular weight is 269 g/mol. The van der Waals surface area contributed by atoms with Gasteiger partial charge in [0.1, 0.15) is 5.82 Å². The van der Waals surface area contributed by atoms with Crippen molar-refractivity contribution in [1.29, 1.82) is 0 Å². The molecule has 0 spiro atoms. The van der Waals surface area contributed by atoms with Crippen LogP contribution in [0.25, 0.3) is 0 Å². The van der Waals surface area contributed by atoms with Crippen LogP contribution in [-0.4, -0.2) is 5.11 Å². The van der Waals surface area contributed by atoms with Gasteiger partial charge in [0.2, 0.25) is 0 Å². The summed E-state index contributed by atoms with van der Waals surface area (Å²) in [6, 6.07) is 11.9. The summed E-state index contributed by atoms with van der Waals surface area (Å²) in [6.07, 6.45) is 0. The Hall–Kier alpha value is -1.03. The fraction of sp³-hybridized carbons (Fsp3) is 0.0769. The summed E-state index contributed by atoms with van der Waals surface area (Å²) >= 11 is 7.10. The van der Waals surface area contributed by atoms with Crippen LogP contribution in [0.1, 0.15) is 5.56 Å². The third kappa shape index (κ3) is 3.22. The quantitative estimate of drug-likeness (QED) is 0.903. The molecular formula is C13H10ClFOS. The van der Waals surface area contributed by atoms with Crippen LogP contribution in [-0.2, 0) is 6.61 Å². The van der Waals surface area contributed by atoms with Crippen LogP contribution in [0, 0.1) is 5.82 Å². The third-order valence-corrected chi connectivity index (χ3v) is 3.53. The second kappa shape index (κ2) is 5.54. The lowest BCUT2D eigenvalue weighted by Crippen LogP contribution is -1.87. The maximum Gasteiger partial charge on any atom is 0.137 e. The molecule has 2 aromatic carbocycles. The van der Waals surface area contributed by atoms with Gasteiger partial charge in [-0.15, -0.1) is 0 Å². The minimum absolute atomic E-state index is 0.150. The zero-order valence-corrected chi connectivity index (χ0v) is 10.4. The van der Waals surface area contributed by atoms with E-state index in [0.29, 0.717) is 15.5 Å². The Balaban J connectivity index is 2.21. The molecule has 0 aromatic heterocycles. The van der Waals surface area contributed by atoms with E-state index in [4.69, 9.17) is 16.7 Å². The molecule has 2 aromatic rings. The molecule has 0 fully saturated rings. The molecular weight excluding hydrogens is 259 g/mol. The smallest absolute Gasteiger partial charge is 0.137 e. The molecule has 2 rings (SSSR count). The van der Waals surface area contributed by atoms with E-state index in [0.717, 1.165) is 4.90 Å². The minimum Gasteiger partial charge on any atom is -0.392 e. The van der Waals surface area contributed by atoms with E-state index in [2.05, 4.69) is 0 Å². The average Bonchev–Trinajstić information content (AvgIpc) is 2.34. The van der Waals surface area contributed by atoms with Gasteiger partial charge in [-0.3, -0.25) is 0 Å². The molecule has 0 aliphatic heterocycles. The Kier molecular flexibility index (Phi) is 4.05. The first-order valence-corrected chi connectivity index (χ1v) is 6.21. The van der Waals surface area contributed by atoms with Crippen molar-refractivity contribution in [3.05, 3.63) is 58.9 Å². The summed E-state index contributed by atoms with van der Waals surface area (Å²) in [5, 5.41) is 9.54. The molecule has 0 radical (unpaired) electrons. The van der Waals surface area contributed by atoms with Gasteiger partial charge in [0.05, 0.1) is 6.61 Å². The molecule has 0 unspecified atom stereocenters. The van der Waals surface area contributed by atoms with Gasteiger partial charge in [0.25, 0.3) is 0 Å². The lowest BCUT2D eigenvalue weighted by molar-refractivity contribution is 0.281. The summed E-state index contributed by atoms with van der Waals surface area (Å²) in [4.78, 5) is 1.45. The summed E-state index contributed by atoms with van der Waals surface area (Å²) < 4.78 is 13.6. The molecule has 0 bridgehead atoms. The second-order valence-electron chi connectivity index (χ2n) is 3.48. The van der Waals surface area contributed by atoms with E-state index in [1.54, 1.807) is 24.3 Å². The standard InChI is InChI=1S/C13H10ClFOS/c14-10-2-4-11(5-3-10)17-13-6-1-9(8-16)7-12(13)15/h1-7,16H,8H2. The SMILES string of the molecule is OCc1ccc(Sc2ccc(Cl)cc2)c(F)c1. The third-order valence-electron chi connectivity index (χ3n) is 2.22.